The maximum atomic E-state index is 8.75. The van der Waals surface area contributed by atoms with Crippen LogP contribution in [0.3, 0.4) is 0 Å². The average molecular weight is 295 g/mol. The van der Waals surface area contributed by atoms with E-state index in [-0.39, 0.29) is 0 Å². The molecule has 0 amide bonds. The van der Waals surface area contributed by atoms with Crippen molar-refractivity contribution in [2.24, 2.45) is 0 Å². The quantitative estimate of drug-likeness (QED) is 0.856. The zero-order valence-electron chi connectivity index (χ0n) is 9.85. The van der Waals surface area contributed by atoms with Crippen molar-refractivity contribution >= 4 is 23.2 Å². The lowest BCUT2D eigenvalue weighted by molar-refractivity contribution is 0.395. The third kappa shape index (κ3) is 3.08. The van der Waals surface area contributed by atoms with Crippen molar-refractivity contribution in [1.82, 2.24) is 4.98 Å². The van der Waals surface area contributed by atoms with Crippen molar-refractivity contribution in [3.8, 4) is 23.4 Å². The fraction of sp³-hybridized carbons (Fsp3) is 0.0769. The summed E-state index contributed by atoms with van der Waals surface area (Å²) in [7, 11) is 1.48. The summed E-state index contributed by atoms with van der Waals surface area (Å²) in [5.74, 6) is 1.17. The first-order valence-electron chi connectivity index (χ1n) is 5.21. The van der Waals surface area contributed by atoms with Gasteiger partial charge in [0, 0.05) is 6.07 Å². The first-order chi connectivity index (χ1) is 9.13. The summed E-state index contributed by atoms with van der Waals surface area (Å²) >= 11 is 11.9. The topological polar surface area (TPSA) is 55.1 Å². The van der Waals surface area contributed by atoms with Gasteiger partial charge in [0.05, 0.1) is 30.0 Å². The fourth-order valence-corrected chi connectivity index (χ4v) is 1.85. The number of benzene rings is 1. The van der Waals surface area contributed by atoms with E-state index in [2.05, 4.69) is 4.98 Å². The van der Waals surface area contributed by atoms with E-state index in [9.17, 15) is 0 Å². The number of aromatic nitrogens is 1. The molecule has 4 nitrogen and oxygen atoms in total. The van der Waals surface area contributed by atoms with E-state index in [1.165, 1.54) is 19.4 Å². The van der Waals surface area contributed by atoms with E-state index in [4.69, 9.17) is 37.9 Å². The number of ether oxygens (including phenoxy) is 2. The summed E-state index contributed by atoms with van der Waals surface area (Å²) in [5.41, 5.74) is 0.461. The third-order valence-electron chi connectivity index (χ3n) is 2.26. The Labute approximate surface area is 120 Å². The van der Waals surface area contributed by atoms with Crippen LogP contribution in [0.1, 0.15) is 5.56 Å². The van der Waals surface area contributed by atoms with E-state index in [0.29, 0.717) is 33.0 Å². The smallest absolute Gasteiger partial charge is 0.232 e. The lowest BCUT2D eigenvalue weighted by Gasteiger charge is -2.08. The van der Waals surface area contributed by atoms with Gasteiger partial charge in [0.15, 0.2) is 0 Å². The molecule has 0 saturated heterocycles. The Bertz CT molecular complexity index is 654. The predicted molar refractivity (Wildman–Crippen MR) is 72.0 cm³/mol. The molecule has 1 aromatic heterocycles. The molecule has 0 aliphatic heterocycles. The summed E-state index contributed by atoms with van der Waals surface area (Å²) in [6.07, 6.45) is 1.47. The molecule has 96 valence electrons. The molecule has 0 unspecified atom stereocenters. The van der Waals surface area contributed by atoms with E-state index >= 15 is 0 Å². The van der Waals surface area contributed by atoms with Gasteiger partial charge in [-0.1, -0.05) is 23.2 Å². The number of methoxy groups -OCH3 is 1. The van der Waals surface area contributed by atoms with Crippen molar-refractivity contribution in [3.63, 3.8) is 0 Å². The first-order valence-corrected chi connectivity index (χ1v) is 5.96. The Balaban J connectivity index is 2.26. The van der Waals surface area contributed by atoms with E-state index in [0.717, 1.165) is 0 Å². The standard InChI is InChI=1S/C13H8Cl2N2O2/c1-18-13-11(15)5-9(7-17-13)19-12-3-2-8(6-16)4-10(12)14/h2-5,7H,1H3. The van der Waals surface area contributed by atoms with Gasteiger partial charge in [-0.2, -0.15) is 5.26 Å². The lowest BCUT2D eigenvalue weighted by Crippen LogP contribution is -1.91. The van der Waals surface area contributed by atoms with Gasteiger partial charge in [0.25, 0.3) is 0 Å². The molecule has 0 atom stereocenters. The van der Waals surface area contributed by atoms with Crippen molar-refractivity contribution < 1.29 is 9.47 Å². The van der Waals surface area contributed by atoms with Crippen LogP contribution >= 0.6 is 23.2 Å². The molecule has 6 heteroatoms. The molecular weight excluding hydrogens is 287 g/mol. The normalized spacial score (nSPS) is 9.79. The second-order valence-corrected chi connectivity index (χ2v) is 4.34. The maximum Gasteiger partial charge on any atom is 0.232 e. The number of rotatable bonds is 3. The molecule has 1 aromatic carbocycles. The minimum Gasteiger partial charge on any atom is -0.480 e. The summed E-state index contributed by atoms with van der Waals surface area (Å²) < 4.78 is 10.5. The highest BCUT2D eigenvalue weighted by Crippen LogP contribution is 2.32. The third-order valence-corrected chi connectivity index (χ3v) is 2.83. The first kappa shape index (κ1) is 13.5. The zero-order valence-corrected chi connectivity index (χ0v) is 11.4. The second-order valence-electron chi connectivity index (χ2n) is 3.52. The zero-order chi connectivity index (χ0) is 13.8. The number of halogens is 2. The lowest BCUT2D eigenvalue weighted by atomic mass is 10.2. The molecule has 0 saturated carbocycles. The SMILES string of the molecule is COc1ncc(Oc2ccc(C#N)cc2Cl)cc1Cl. The van der Waals surface area contributed by atoms with E-state index in [1.807, 2.05) is 6.07 Å². The average Bonchev–Trinajstić information content (AvgIpc) is 2.41. The second kappa shape index (κ2) is 5.79. The minimum absolute atomic E-state index is 0.319. The molecule has 0 N–H and O–H groups in total. The number of hydrogen-bond donors (Lipinski definition) is 0. The molecule has 0 spiro atoms. The Morgan fingerprint density at radius 1 is 1.21 bits per heavy atom. The van der Waals surface area contributed by atoms with Crippen LogP contribution in [0.4, 0.5) is 0 Å². The number of nitriles is 1. The largest absolute Gasteiger partial charge is 0.480 e. The summed E-state index contributed by atoms with van der Waals surface area (Å²) in [6, 6.07) is 8.31. The number of nitrogens with zero attached hydrogens (tertiary/aromatic N) is 2. The van der Waals surface area contributed by atoms with Gasteiger partial charge in [0.2, 0.25) is 5.88 Å². The van der Waals surface area contributed by atoms with Crippen LogP contribution in [-0.2, 0) is 0 Å². The summed E-state index contributed by atoms with van der Waals surface area (Å²) in [6.45, 7) is 0. The monoisotopic (exact) mass is 294 g/mol. The summed E-state index contributed by atoms with van der Waals surface area (Å²) in [5, 5.41) is 9.42. The highest BCUT2D eigenvalue weighted by molar-refractivity contribution is 6.32. The maximum absolute atomic E-state index is 8.75. The predicted octanol–water partition coefficient (Wildman–Crippen LogP) is 4.06. The van der Waals surface area contributed by atoms with Gasteiger partial charge in [0.1, 0.15) is 16.5 Å². The van der Waals surface area contributed by atoms with Crippen LogP contribution in [0.25, 0.3) is 0 Å². The Hall–Kier alpha value is -1.96. The minimum atomic E-state index is 0.319. The van der Waals surface area contributed by atoms with Crippen LogP contribution in [0.2, 0.25) is 10.0 Å². The van der Waals surface area contributed by atoms with Gasteiger partial charge in [-0.15, -0.1) is 0 Å². The van der Waals surface area contributed by atoms with Gasteiger partial charge < -0.3 is 9.47 Å². The van der Waals surface area contributed by atoms with Crippen molar-refractivity contribution in [2.45, 2.75) is 0 Å². The Morgan fingerprint density at radius 2 is 2.00 bits per heavy atom. The number of pyridine rings is 1. The molecule has 0 aliphatic carbocycles. The molecule has 19 heavy (non-hydrogen) atoms. The van der Waals surface area contributed by atoms with Crippen molar-refractivity contribution in [1.29, 1.82) is 5.26 Å². The molecule has 0 radical (unpaired) electrons. The van der Waals surface area contributed by atoms with Gasteiger partial charge in [-0.25, -0.2) is 4.98 Å². The molecule has 1 heterocycles. The molecular formula is C13H8Cl2N2O2. The molecule has 0 aliphatic rings. The molecule has 2 rings (SSSR count). The van der Waals surface area contributed by atoms with Crippen LogP contribution in [0.15, 0.2) is 30.5 Å². The highest BCUT2D eigenvalue weighted by Gasteiger charge is 2.08. The number of hydrogen-bond acceptors (Lipinski definition) is 4. The van der Waals surface area contributed by atoms with Gasteiger partial charge in [-0.3, -0.25) is 0 Å². The van der Waals surface area contributed by atoms with Gasteiger partial charge >= 0.3 is 0 Å². The van der Waals surface area contributed by atoms with Gasteiger partial charge in [-0.05, 0) is 18.2 Å². The van der Waals surface area contributed by atoms with Crippen LogP contribution in [0.5, 0.6) is 17.4 Å². The molecule has 2 aromatic rings. The van der Waals surface area contributed by atoms with Crippen molar-refractivity contribution in [2.75, 3.05) is 7.11 Å². The van der Waals surface area contributed by atoms with E-state index < -0.39 is 0 Å². The Kier molecular flexibility index (Phi) is 4.10. The van der Waals surface area contributed by atoms with Crippen LogP contribution in [0, 0.1) is 11.3 Å². The highest BCUT2D eigenvalue weighted by atomic mass is 35.5. The molecule has 0 bridgehead atoms. The van der Waals surface area contributed by atoms with Crippen LogP contribution < -0.4 is 9.47 Å². The molecule has 0 fully saturated rings. The van der Waals surface area contributed by atoms with Crippen LogP contribution in [-0.4, -0.2) is 12.1 Å². The fourth-order valence-electron chi connectivity index (χ4n) is 1.39. The summed E-state index contributed by atoms with van der Waals surface area (Å²) in [4.78, 5) is 3.98. The van der Waals surface area contributed by atoms with E-state index in [1.54, 1.807) is 18.2 Å². The Morgan fingerprint density at radius 3 is 2.58 bits per heavy atom. The van der Waals surface area contributed by atoms with Crippen molar-refractivity contribution in [3.05, 3.63) is 46.1 Å².